The zero-order chi connectivity index (χ0) is 26.8. The highest BCUT2D eigenvalue weighted by atomic mass is 31.0. The molecule has 2 aromatic rings. The van der Waals surface area contributed by atoms with E-state index in [1.165, 1.54) is 36.1 Å². The van der Waals surface area contributed by atoms with Gasteiger partial charge in [0, 0.05) is 23.7 Å². The first-order valence-electron chi connectivity index (χ1n) is 13.7. The Kier molecular flexibility index (Phi) is 8.75. The maximum absolute atomic E-state index is 13.3. The van der Waals surface area contributed by atoms with Crippen molar-refractivity contribution in [3.63, 3.8) is 0 Å². The first-order chi connectivity index (χ1) is 17.4. The van der Waals surface area contributed by atoms with Crippen LogP contribution in [0.25, 0.3) is 0 Å². The van der Waals surface area contributed by atoms with Gasteiger partial charge in [-0.25, -0.2) is 0 Å². The monoisotopic (exact) mass is 530 g/mol. The molecule has 4 rings (SSSR count). The minimum Gasteiger partial charge on any atom is -0.384 e. The standard InChI is InChI=1S/C31H42F3N2P/c1-21(2)18-30(23(4)35-20-24-15-27(31(32,33)34)17-29(37)16-24)12-9-28(19-30)36-13-10-26(11-14-36)25-7-5-22(3)6-8-25/h5-8,15-17,21,26,28,35H,4,9-14,18-20,37H2,1-3H3. The number of alkyl halides is 3. The van der Waals surface area contributed by atoms with Crippen molar-refractivity contribution in [1.82, 2.24) is 10.2 Å². The molecule has 2 aromatic carbocycles. The van der Waals surface area contributed by atoms with Crippen molar-refractivity contribution in [2.75, 3.05) is 13.1 Å². The summed E-state index contributed by atoms with van der Waals surface area (Å²) in [6.07, 6.45) is 2.41. The van der Waals surface area contributed by atoms with Crippen LogP contribution in [0.4, 0.5) is 13.2 Å². The van der Waals surface area contributed by atoms with Crippen molar-refractivity contribution >= 4 is 14.5 Å². The van der Waals surface area contributed by atoms with E-state index in [0.29, 0.717) is 35.3 Å². The molecule has 0 aromatic heterocycles. The molecule has 3 unspecified atom stereocenters. The highest BCUT2D eigenvalue weighted by molar-refractivity contribution is 7.27. The molecule has 2 fully saturated rings. The summed E-state index contributed by atoms with van der Waals surface area (Å²) in [6.45, 7) is 13.7. The van der Waals surface area contributed by atoms with Gasteiger partial charge in [-0.2, -0.15) is 13.2 Å². The number of likely N-dealkylation sites (tertiary alicyclic amines) is 1. The summed E-state index contributed by atoms with van der Waals surface area (Å²) in [4.78, 5) is 2.69. The van der Waals surface area contributed by atoms with Crippen LogP contribution in [0, 0.1) is 18.3 Å². The average molecular weight is 531 g/mol. The molecule has 202 valence electrons. The number of allylic oxidation sites excluding steroid dienone is 1. The van der Waals surface area contributed by atoms with Crippen molar-refractivity contribution in [3.8, 4) is 0 Å². The molecule has 1 saturated carbocycles. The van der Waals surface area contributed by atoms with Crippen LogP contribution in [0.3, 0.4) is 0 Å². The van der Waals surface area contributed by atoms with Gasteiger partial charge in [-0.1, -0.05) is 56.3 Å². The Morgan fingerprint density at radius 1 is 1.11 bits per heavy atom. The van der Waals surface area contributed by atoms with Gasteiger partial charge >= 0.3 is 6.18 Å². The molecular formula is C31H42F3N2P. The van der Waals surface area contributed by atoms with Gasteiger partial charge in [0.1, 0.15) is 0 Å². The lowest BCUT2D eigenvalue weighted by Crippen LogP contribution is -2.41. The van der Waals surface area contributed by atoms with Crippen molar-refractivity contribution in [2.45, 2.75) is 84.0 Å². The Labute approximate surface area is 223 Å². The number of benzene rings is 2. The molecule has 6 heteroatoms. The molecule has 3 atom stereocenters. The van der Waals surface area contributed by atoms with E-state index in [0.717, 1.165) is 44.5 Å². The van der Waals surface area contributed by atoms with Gasteiger partial charge in [0.05, 0.1) is 5.56 Å². The van der Waals surface area contributed by atoms with Gasteiger partial charge in [-0.05, 0) is 98.9 Å². The molecule has 1 N–H and O–H groups in total. The van der Waals surface area contributed by atoms with E-state index < -0.39 is 11.7 Å². The fraction of sp³-hybridized carbons (Fsp3) is 0.548. The van der Waals surface area contributed by atoms with Crippen LogP contribution >= 0.6 is 9.24 Å². The zero-order valence-corrected chi connectivity index (χ0v) is 23.7. The summed E-state index contributed by atoms with van der Waals surface area (Å²) in [5.74, 6) is 1.17. The van der Waals surface area contributed by atoms with Crippen molar-refractivity contribution < 1.29 is 13.2 Å². The van der Waals surface area contributed by atoms with Gasteiger partial charge in [-0.3, -0.25) is 0 Å². The summed E-state index contributed by atoms with van der Waals surface area (Å²) in [6, 6.07) is 13.8. The smallest absolute Gasteiger partial charge is 0.384 e. The van der Waals surface area contributed by atoms with Crippen molar-refractivity contribution in [2.24, 2.45) is 11.3 Å². The number of hydrogen-bond acceptors (Lipinski definition) is 2. The van der Waals surface area contributed by atoms with E-state index in [1.807, 2.05) is 0 Å². The van der Waals surface area contributed by atoms with Crippen molar-refractivity contribution in [1.29, 1.82) is 0 Å². The SMILES string of the molecule is C=C(NCc1cc(P)cc(C(F)(F)F)c1)C1(CC(C)C)CCC(N2CCC(c3ccc(C)cc3)CC2)C1. The molecule has 2 aliphatic rings. The van der Waals surface area contributed by atoms with Crippen LogP contribution in [-0.2, 0) is 12.7 Å². The molecule has 0 amide bonds. The summed E-state index contributed by atoms with van der Waals surface area (Å²) in [7, 11) is 2.40. The van der Waals surface area contributed by atoms with Crippen LogP contribution in [0.15, 0.2) is 54.7 Å². The molecule has 1 saturated heterocycles. The number of nitrogens with zero attached hydrogens (tertiary/aromatic N) is 1. The normalized spacial score (nSPS) is 23.5. The predicted octanol–water partition coefficient (Wildman–Crippen LogP) is 7.58. The second-order valence-corrected chi connectivity index (χ2v) is 12.5. The number of hydrogen-bond donors (Lipinski definition) is 1. The Bertz CT molecular complexity index is 1070. The Balaban J connectivity index is 1.39. The third kappa shape index (κ3) is 6.98. The minimum atomic E-state index is -4.34. The third-order valence-electron chi connectivity index (χ3n) is 8.46. The molecule has 2 nitrogen and oxygen atoms in total. The molecular weight excluding hydrogens is 488 g/mol. The fourth-order valence-electron chi connectivity index (χ4n) is 6.59. The lowest BCUT2D eigenvalue weighted by atomic mass is 9.75. The molecule has 1 heterocycles. The summed E-state index contributed by atoms with van der Waals surface area (Å²) in [5.41, 5.74) is 3.78. The highest BCUT2D eigenvalue weighted by Gasteiger charge is 2.44. The maximum atomic E-state index is 13.3. The van der Waals surface area contributed by atoms with Gasteiger partial charge in [0.25, 0.3) is 0 Å². The average Bonchev–Trinajstić information content (AvgIpc) is 3.27. The van der Waals surface area contributed by atoms with Gasteiger partial charge in [-0.15, -0.1) is 9.24 Å². The summed E-state index contributed by atoms with van der Waals surface area (Å²) in [5, 5.41) is 4.01. The Morgan fingerprint density at radius 3 is 2.41 bits per heavy atom. The number of aryl methyl sites for hydroxylation is 1. The van der Waals surface area contributed by atoms with E-state index in [1.54, 1.807) is 6.07 Å². The molecule has 0 bridgehead atoms. The van der Waals surface area contributed by atoms with Crippen molar-refractivity contribution in [3.05, 3.63) is 77.0 Å². The van der Waals surface area contributed by atoms with Crippen LogP contribution in [0.5, 0.6) is 0 Å². The summed E-state index contributed by atoms with van der Waals surface area (Å²) >= 11 is 0. The largest absolute Gasteiger partial charge is 0.416 e. The predicted molar refractivity (Wildman–Crippen MR) is 151 cm³/mol. The van der Waals surface area contributed by atoms with E-state index >= 15 is 0 Å². The van der Waals surface area contributed by atoms with E-state index in [4.69, 9.17) is 0 Å². The third-order valence-corrected chi connectivity index (χ3v) is 8.80. The van der Waals surface area contributed by atoms with Crippen LogP contribution in [0.2, 0.25) is 0 Å². The lowest BCUT2D eigenvalue weighted by molar-refractivity contribution is -0.137. The summed E-state index contributed by atoms with van der Waals surface area (Å²) < 4.78 is 39.9. The van der Waals surface area contributed by atoms with Gasteiger partial charge < -0.3 is 10.2 Å². The maximum Gasteiger partial charge on any atom is 0.416 e. The molecule has 0 radical (unpaired) electrons. The van der Waals surface area contributed by atoms with Crippen LogP contribution in [-0.4, -0.2) is 24.0 Å². The lowest BCUT2D eigenvalue weighted by Gasteiger charge is -2.39. The van der Waals surface area contributed by atoms with Crippen LogP contribution < -0.4 is 10.6 Å². The van der Waals surface area contributed by atoms with E-state index in [9.17, 15) is 13.2 Å². The van der Waals surface area contributed by atoms with Gasteiger partial charge in [0.2, 0.25) is 0 Å². The second-order valence-electron chi connectivity index (χ2n) is 11.8. The molecule has 1 aliphatic carbocycles. The first-order valence-corrected chi connectivity index (χ1v) is 14.2. The van der Waals surface area contributed by atoms with E-state index in [2.05, 4.69) is 71.1 Å². The zero-order valence-electron chi connectivity index (χ0n) is 22.5. The molecule has 37 heavy (non-hydrogen) atoms. The number of rotatable bonds is 8. The van der Waals surface area contributed by atoms with Gasteiger partial charge in [0.15, 0.2) is 0 Å². The van der Waals surface area contributed by atoms with Crippen LogP contribution in [0.1, 0.15) is 80.5 Å². The first kappa shape index (κ1) is 28.2. The topological polar surface area (TPSA) is 15.3 Å². The second kappa shape index (κ2) is 11.5. The van der Waals surface area contributed by atoms with E-state index in [-0.39, 0.29) is 5.41 Å². The number of piperidine rings is 1. The minimum absolute atomic E-state index is 0.0158. The number of halogens is 3. The Morgan fingerprint density at radius 2 is 1.78 bits per heavy atom. The highest BCUT2D eigenvalue weighted by Crippen LogP contribution is 2.49. The Hall–Kier alpha value is -1.84. The molecule has 1 aliphatic heterocycles. The fourth-order valence-corrected chi connectivity index (χ4v) is 6.98. The number of nitrogens with one attached hydrogen (secondary N) is 1. The quantitative estimate of drug-likeness (QED) is 0.354. The molecule has 0 spiro atoms.